The molecular weight excluding hydrogens is 478 g/mol. The Morgan fingerprint density at radius 2 is 1.74 bits per heavy atom. The molecule has 5 heterocycles. The Bertz CT molecular complexity index is 1070. The van der Waals surface area contributed by atoms with Crippen LogP contribution in [0.25, 0.3) is 10.6 Å². The number of benzene rings is 1. The average Bonchev–Trinajstić information content (AvgIpc) is 3.30. The first kappa shape index (κ1) is 23.2. The summed E-state index contributed by atoms with van der Waals surface area (Å²) in [7, 11) is 0. The van der Waals surface area contributed by atoms with Gasteiger partial charge in [0.05, 0.1) is 5.97 Å². The van der Waals surface area contributed by atoms with Crippen molar-refractivity contribution in [2.75, 3.05) is 19.6 Å². The van der Waals surface area contributed by atoms with Gasteiger partial charge in [0.15, 0.2) is 5.01 Å². The first-order valence-corrected chi connectivity index (χ1v) is 12.6. The monoisotopic (exact) mass is 505 g/mol. The van der Waals surface area contributed by atoms with Crippen molar-refractivity contribution in [1.82, 2.24) is 10.2 Å². The lowest BCUT2D eigenvalue weighted by Gasteiger charge is -2.58. The van der Waals surface area contributed by atoms with Crippen molar-refractivity contribution in [3.8, 4) is 15.8 Å². The second-order valence-electron chi connectivity index (χ2n) is 10.1. The van der Waals surface area contributed by atoms with Gasteiger partial charge in [-0.1, -0.05) is 46.8 Å². The van der Waals surface area contributed by atoms with E-state index >= 15 is 0 Å². The molecule has 12 heteroatoms. The lowest BCUT2D eigenvalue weighted by Crippen LogP contribution is -2.73. The summed E-state index contributed by atoms with van der Waals surface area (Å²) < 4.78 is 11.9. The number of aliphatic hydroxyl groups is 3. The van der Waals surface area contributed by atoms with Crippen molar-refractivity contribution in [3.63, 3.8) is 0 Å². The maximum Gasteiger partial charge on any atom is 0.294 e. The molecule has 2 aromatic rings. The van der Waals surface area contributed by atoms with E-state index in [1.165, 1.54) is 11.3 Å². The highest BCUT2D eigenvalue weighted by atomic mass is 32.1. The number of rotatable bonds is 6. The van der Waals surface area contributed by atoms with Gasteiger partial charge in [-0.05, 0) is 12.8 Å². The quantitative estimate of drug-likeness (QED) is 0.413. The van der Waals surface area contributed by atoms with E-state index in [9.17, 15) is 25.2 Å². The van der Waals surface area contributed by atoms with Crippen LogP contribution in [0.4, 0.5) is 0 Å². The highest BCUT2D eigenvalue weighted by molar-refractivity contribution is 7.16. The van der Waals surface area contributed by atoms with Gasteiger partial charge in [-0.2, -0.15) is 9.48 Å². The minimum Gasteiger partial charge on any atom is -0.547 e. The van der Waals surface area contributed by atoms with Crippen molar-refractivity contribution in [2.45, 2.75) is 49.7 Å². The lowest BCUT2D eigenvalue weighted by atomic mass is 9.66. The second kappa shape index (κ2) is 8.73. The van der Waals surface area contributed by atoms with Gasteiger partial charge in [0.1, 0.15) is 50.2 Å². The Labute approximate surface area is 205 Å². The number of hydrogen-bond acceptors (Lipinski definition) is 11. The third-order valence-electron chi connectivity index (χ3n) is 7.72. The molecule has 3 N–H and O–H groups in total. The number of quaternary nitrogens is 1. The minimum absolute atomic E-state index is 0.0430. The number of aromatic nitrogens is 2. The smallest absolute Gasteiger partial charge is 0.294 e. The third kappa shape index (κ3) is 4.12. The van der Waals surface area contributed by atoms with E-state index in [1.807, 2.05) is 30.3 Å². The molecule has 188 valence electrons. The summed E-state index contributed by atoms with van der Waals surface area (Å²) in [5.41, 5.74) is 0.988. The molecule has 1 aromatic carbocycles. The van der Waals surface area contributed by atoms with Gasteiger partial charge in [-0.3, -0.25) is 0 Å². The number of carboxylic acid groups (broad SMARTS) is 1. The molecule has 4 aliphatic heterocycles. The number of carbonyl (C=O) groups is 1. The van der Waals surface area contributed by atoms with Gasteiger partial charge in [-0.25, -0.2) is 0 Å². The van der Waals surface area contributed by atoms with Gasteiger partial charge in [-0.15, -0.1) is 5.10 Å². The molecule has 11 nitrogen and oxygen atoms in total. The van der Waals surface area contributed by atoms with Crippen molar-refractivity contribution in [1.29, 1.82) is 0 Å². The second-order valence-corrected chi connectivity index (χ2v) is 11.0. The van der Waals surface area contributed by atoms with Crippen LogP contribution in [0.2, 0.25) is 0 Å². The van der Waals surface area contributed by atoms with E-state index in [1.54, 1.807) is 0 Å². The standard InChI is InChI=1S/C23H27N3O8S/c27-15-16(28)19(21(30)31)32-22(17(15)29)34-26-8-11-6-13(9-26)18(14(7-11)10-26)33-23-25-24-20(35-23)12-4-2-1-3-5-12/h1-5,11,13-19,22,27-29H,6-10H2/t11?,13-,14+,15-,16-,17+,18?,19-,22-,26?/m0/s1. The van der Waals surface area contributed by atoms with Crippen LogP contribution >= 0.6 is 11.3 Å². The highest BCUT2D eigenvalue weighted by Crippen LogP contribution is 2.49. The summed E-state index contributed by atoms with van der Waals surface area (Å²) in [6.45, 7) is 1.91. The number of ether oxygens (including phenoxy) is 2. The average molecular weight is 506 g/mol. The Kier molecular flexibility index (Phi) is 5.79. The molecule has 0 spiro atoms. The van der Waals surface area contributed by atoms with E-state index in [-0.39, 0.29) is 22.6 Å². The summed E-state index contributed by atoms with van der Waals surface area (Å²) >= 11 is 1.41. The largest absolute Gasteiger partial charge is 0.547 e. The van der Waals surface area contributed by atoms with E-state index in [4.69, 9.17) is 14.3 Å². The SMILES string of the molecule is O=C([O-])[C@H]1O[C@@H](O[N+]23CC4C[C@H](C2)C(Oc2nnc(-c5ccccc5)s2)[C@@H](C4)C3)[C@H](O)[C@@H](O)[C@@H]1O. The zero-order chi connectivity index (χ0) is 24.3. The number of nitrogens with zero attached hydrogens (tertiary/aromatic N) is 3. The molecule has 5 fully saturated rings. The fraction of sp³-hybridized carbons (Fsp3) is 0.609. The van der Waals surface area contributed by atoms with Crippen LogP contribution in [0.15, 0.2) is 30.3 Å². The van der Waals surface area contributed by atoms with E-state index in [2.05, 4.69) is 10.2 Å². The van der Waals surface area contributed by atoms with Crippen molar-refractivity contribution in [2.24, 2.45) is 17.8 Å². The van der Waals surface area contributed by atoms with Crippen LogP contribution < -0.4 is 9.84 Å². The number of carbonyl (C=O) groups excluding carboxylic acids is 1. The number of aliphatic hydroxyl groups excluding tert-OH is 3. The zero-order valence-electron chi connectivity index (χ0n) is 18.8. The van der Waals surface area contributed by atoms with Gasteiger partial charge >= 0.3 is 0 Å². The molecule has 4 saturated heterocycles. The minimum atomic E-state index is -1.80. The van der Waals surface area contributed by atoms with Crippen molar-refractivity contribution >= 4 is 17.3 Å². The number of hydroxylamine groups is 3. The maximum atomic E-state index is 11.4. The van der Waals surface area contributed by atoms with Gasteiger partial charge in [0.25, 0.3) is 5.19 Å². The summed E-state index contributed by atoms with van der Waals surface area (Å²) in [5, 5.41) is 51.7. The summed E-state index contributed by atoms with van der Waals surface area (Å²) in [5.74, 6) is -0.915. The summed E-state index contributed by atoms with van der Waals surface area (Å²) in [6, 6.07) is 9.82. The van der Waals surface area contributed by atoms with Crippen LogP contribution in [0.5, 0.6) is 5.19 Å². The summed E-state index contributed by atoms with van der Waals surface area (Å²) in [4.78, 5) is 17.5. The van der Waals surface area contributed by atoms with Gasteiger partial charge in [0.2, 0.25) is 6.29 Å². The third-order valence-corrected chi connectivity index (χ3v) is 8.58. The number of hydrogen-bond donors (Lipinski definition) is 3. The Morgan fingerprint density at radius 1 is 1.03 bits per heavy atom. The first-order valence-electron chi connectivity index (χ1n) is 11.8. The molecule has 3 unspecified atom stereocenters. The number of carboxylic acids is 1. The van der Waals surface area contributed by atoms with Crippen LogP contribution in [0.1, 0.15) is 12.8 Å². The highest BCUT2D eigenvalue weighted by Gasteiger charge is 2.61. The topological polar surface area (TPSA) is 154 Å². The molecule has 1 saturated carbocycles. The fourth-order valence-corrected chi connectivity index (χ4v) is 7.15. The normalized spacial score (nSPS) is 42.2. The molecule has 0 radical (unpaired) electrons. The lowest BCUT2D eigenvalue weighted by molar-refractivity contribution is -1.13. The molecule has 1 aromatic heterocycles. The molecule has 7 rings (SSSR count). The predicted octanol–water partition coefficient (Wildman–Crippen LogP) is -1.07. The molecule has 5 aliphatic rings. The summed E-state index contributed by atoms with van der Waals surface area (Å²) in [6.07, 6.45) is -6.38. The van der Waals surface area contributed by atoms with E-state index in [0.29, 0.717) is 30.7 Å². The maximum absolute atomic E-state index is 11.4. The van der Waals surface area contributed by atoms with Crippen LogP contribution in [0, 0.1) is 17.8 Å². The van der Waals surface area contributed by atoms with E-state index in [0.717, 1.165) is 23.4 Å². The molecule has 10 atom stereocenters. The Morgan fingerprint density at radius 3 is 2.43 bits per heavy atom. The molecule has 35 heavy (non-hydrogen) atoms. The van der Waals surface area contributed by atoms with E-state index < -0.39 is 36.7 Å². The predicted molar refractivity (Wildman–Crippen MR) is 117 cm³/mol. The van der Waals surface area contributed by atoms with Gasteiger partial charge in [0, 0.05) is 23.3 Å². The van der Waals surface area contributed by atoms with Crippen LogP contribution in [0.3, 0.4) is 0 Å². The molecule has 0 amide bonds. The van der Waals surface area contributed by atoms with Crippen molar-refractivity contribution < 1.29 is 44.2 Å². The zero-order valence-corrected chi connectivity index (χ0v) is 19.6. The first-order chi connectivity index (χ1) is 16.8. The number of aliphatic carboxylic acids is 1. The number of piperidine rings is 3. The molecular formula is C23H27N3O8S. The molecule has 1 aliphatic carbocycles. The Balaban J connectivity index is 1.16. The van der Waals surface area contributed by atoms with Crippen LogP contribution in [-0.2, 0) is 14.4 Å². The fourth-order valence-electron chi connectivity index (χ4n) is 6.40. The Hall–Kier alpha value is -2.19. The van der Waals surface area contributed by atoms with Gasteiger partial charge < -0.3 is 34.7 Å². The van der Waals surface area contributed by atoms with Crippen molar-refractivity contribution in [3.05, 3.63) is 30.3 Å². The molecule has 4 bridgehead atoms. The van der Waals surface area contributed by atoms with Crippen LogP contribution in [-0.4, -0.2) is 92.6 Å².